The van der Waals surface area contributed by atoms with Gasteiger partial charge >= 0.3 is 0 Å². The van der Waals surface area contributed by atoms with E-state index < -0.39 is 6.10 Å². The Morgan fingerprint density at radius 1 is 1.08 bits per heavy atom. The van der Waals surface area contributed by atoms with Gasteiger partial charge in [0.2, 0.25) is 0 Å². The summed E-state index contributed by atoms with van der Waals surface area (Å²) >= 11 is 0. The monoisotopic (exact) mass is 336 g/mol. The Labute approximate surface area is 148 Å². The molecule has 3 rings (SSSR count). The van der Waals surface area contributed by atoms with E-state index in [0.717, 1.165) is 29.2 Å². The van der Waals surface area contributed by atoms with Crippen LogP contribution in [0.2, 0.25) is 0 Å². The molecule has 2 unspecified atom stereocenters. The van der Waals surface area contributed by atoms with Crippen molar-refractivity contribution in [2.75, 3.05) is 0 Å². The van der Waals surface area contributed by atoms with Crippen molar-refractivity contribution in [1.82, 2.24) is 9.55 Å². The van der Waals surface area contributed by atoms with Crippen molar-refractivity contribution < 1.29 is 9.84 Å². The van der Waals surface area contributed by atoms with E-state index in [1.54, 1.807) is 6.20 Å². The summed E-state index contributed by atoms with van der Waals surface area (Å²) < 4.78 is 7.85. The maximum Gasteiger partial charge on any atom is 0.119 e. The second kappa shape index (κ2) is 7.99. The number of aliphatic hydroxyl groups excluding tert-OH is 1. The molecule has 0 aliphatic heterocycles. The van der Waals surface area contributed by atoms with E-state index in [1.807, 2.05) is 74.6 Å². The molecular weight excluding hydrogens is 312 g/mol. The Morgan fingerprint density at radius 3 is 2.44 bits per heavy atom. The molecule has 2 atom stereocenters. The van der Waals surface area contributed by atoms with Crippen LogP contribution < -0.4 is 4.74 Å². The number of imidazole rings is 1. The highest BCUT2D eigenvalue weighted by atomic mass is 16.5. The molecule has 2 aromatic carbocycles. The molecule has 0 amide bonds. The Bertz CT molecular complexity index is 781. The van der Waals surface area contributed by atoms with Crippen molar-refractivity contribution in [2.45, 2.75) is 33.1 Å². The summed E-state index contributed by atoms with van der Waals surface area (Å²) in [5.41, 5.74) is 2.04. The zero-order valence-electron chi connectivity index (χ0n) is 14.7. The standard InChI is InChI=1S/C21H24N2O2/c1-16(14-23-13-12-22-17(23)2)21(24)19-8-10-20(11-9-19)25-15-18-6-4-3-5-7-18/h3-13,16,21,24H,14-15H2,1-2H3. The fourth-order valence-corrected chi connectivity index (χ4v) is 2.84. The van der Waals surface area contributed by atoms with Gasteiger partial charge in [0, 0.05) is 24.9 Å². The lowest BCUT2D eigenvalue weighted by atomic mass is 9.97. The molecule has 0 bridgehead atoms. The van der Waals surface area contributed by atoms with Crippen LogP contribution in [0.3, 0.4) is 0 Å². The number of hydrogen-bond donors (Lipinski definition) is 1. The van der Waals surface area contributed by atoms with Gasteiger partial charge in [-0.15, -0.1) is 0 Å². The number of aliphatic hydroxyl groups is 1. The van der Waals surface area contributed by atoms with Crippen LogP contribution in [0.15, 0.2) is 67.0 Å². The highest BCUT2D eigenvalue weighted by Gasteiger charge is 2.17. The molecule has 0 saturated carbocycles. The molecule has 0 radical (unpaired) electrons. The van der Waals surface area contributed by atoms with Crippen LogP contribution in [0.1, 0.15) is 30.0 Å². The van der Waals surface area contributed by atoms with Crippen molar-refractivity contribution in [3.05, 3.63) is 83.9 Å². The smallest absolute Gasteiger partial charge is 0.119 e. The molecule has 4 nitrogen and oxygen atoms in total. The number of nitrogens with zero attached hydrogens (tertiary/aromatic N) is 2. The van der Waals surface area contributed by atoms with Crippen LogP contribution >= 0.6 is 0 Å². The number of aromatic nitrogens is 2. The second-order valence-corrected chi connectivity index (χ2v) is 6.39. The lowest BCUT2D eigenvalue weighted by Crippen LogP contribution is -2.16. The van der Waals surface area contributed by atoms with Gasteiger partial charge in [0.15, 0.2) is 0 Å². The van der Waals surface area contributed by atoms with Crippen LogP contribution in [-0.4, -0.2) is 14.7 Å². The second-order valence-electron chi connectivity index (χ2n) is 6.39. The van der Waals surface area contributed by atoms with E-state index >= 15 is 0 Å². The SMILES string of the molecule is Cc1nccn1CC(C)C(O)c1ccc(OCc2ccccc2)cc1. The van der Waals surface area contributed by atoms with Crippen LogP contribution in [0.4, 0.5) is 0 Å². The minimum absolute atomic E-state index is 0.0870. The first-order valence-electron chi connectivity index (χ1n) is 8.56. The van der Waals surface area contributed by atoms with Crippen molar-refractivity contribution in [2.24, 2.45) is 5.92 Å². The molecule has 0 spiro atoms. The van der Waals surface area contributed by atoms with Crippen LogP contribution in [-0.2, 0) is 13.2 Å². The predicted octanol–water partition coefficient (Wildman–Crippen LogP) is 4.14. The van der Waals surface area contributed by atoms with Crippen molar-refractivity contribution in [1.29, 1.82) is 0 Å². The van der Waals surface area contributed by atoms with E-state index in [2.05, 4.69) is 9.55 Å². The van der Waals surface area contributed by atoms with Crippen molar-refractivity contribution in [3.8, 4) is 5.75 Å². The molecule has 0 saturated heterocycles. The molecule has 1 N–H and O–H groups in total. The Kier molecular flexibility index (Phi) is 5.51. The predicted molar refractivity (Wildman–Crippen MR) is 98.3 cm³/mol. The third kappa shape index (κ3) is 4.48. The molecule has 0 aliphatic carbocycles. The highest BCUT2D eigenvalue weighted by Crippen LogP contribution is 2.25. The average Bonchev–Trinajstić information content (AvgIpc) is 3.05. The zero-order chi connectivity index (χ0) is 17.6. The summed E-state index contributed by atoms with van der Waals surface area (Å²) in [4.78, 5) is 4.22. The van der Waals surface area contributed by atoms with Gasteiger partial charge in [-0.1, -0.05) is 49.4 Å². The van der Waals surface area contributed by atoms with E-state index in [9.17, 15) is 5.11 Å². The third-order valence-corrected chi connectivity index (χ3v) is 4.42. The van der Waals surface area contributed by atoms with Gasteiger partial charge in [-0.25, -0.2) is 4.98 Å². The van der Waals surface area contributed by atoms with Gasteiger partial charge in [-0.3, -0.25) is 0 Å². The van der Waals surface area contributed by atoms with Crippen LogP contribution in [0.5, 0.6) is 5.75 Å². The number of hydrogen-bond acceptors (Lipinski definition) is 3. The summed E-state index contributed by atoms with van der Waals surface area (Å²) in [6.07, 6.45) is 3.21. The van der Waals surface area contributed by atoms with Crippen molar-refractivity contribution in [3.63, 3.8) is 0 Å². The number of ether oxygens (including phenoxy) is 1. The van der Waals surface area contributed by atoms with Gasteiger partial charge in [-0.05, 0) is 30.2 Å². The number of aryl methyl sites for hydroxylation is 1. The molecule has 0 fully saturated rings. The fraction of sp³-hybridized carbons (Fsp3) is 0.286. The van der Waals surface area contributed by atoms with Gasteiger partial charge in [-0.2, -0.15) is 0 Å². The molecule has 4 heteroatoms. The number of rotatable bonds is 7. The summed E-state index contributed by atoms with van der Waals surface area (Å²) in [5.74, 6) is 1.85. The molecule has 25 heavy (non-hydrogen) atoms. The summed E-state index contributed by atoms with van der Waals surface area (Å²) in [6, 6.07) is 17.8. The minimum Gasteiger partial charge on any atom is -0.489 e. The van der Waals surface area contributed by atoms with E-state index in [4.69, 9.17) is 4.74 Å². The summed E-state index contributed by atoms with van der Waals surface area (Å²) in [6.45, 7) is 5.29. The Balaban J connectivity index is 1.58. The Morgan fingerprint density at radius 2 is 1.80 bits per heavy atom. The summed E-state index contributed by atoms with van der Waals surface area (Å²) in [5, 5.41) is 10.6. The third-order valence-electron chi connectivity index (χ3n) is 4.42. The average molecular weight is 336 g/mol. The Hall–Kier alpha value is -2.59. The quantitative estimate of drug-likeness (QED) is 0.705. The zero-order valence-corrected chi connectivity index (χ0v) is 14.7. The molecule has 3 aromatic rings. The van der Waals surface area contributed by atoms with E-state index in [-0.39, 0.29) is 5.92 Å². The van der Waals surface area contributed by atoms with Crippen LogP contribution in [0, 0.1) is 12.8 Å². The molecular formula is C21H24N2O2. The molecule has 130 valence electrons. The fourth-order valence-electron chi connectivity index (χ4n) is 2.84. The van der Waals surface area contributed by atoms with Gasteiger partial charge in [0.05, 0.1) is 6.10 Å². The van der Waals surface area contributed by atoms with Gasteiger partial charge in [0.1, 0.15) is 18.2 Å². The first kappa shape index (κ1) is 17.2. The lowest BCUT2D eigenvalue weighted by Gasteiger charge is -2.20. The minimum atomic E-state index is -0.523. The topological polar surface area (TPSA) is 47.3 Å². The largest absolute Gasteiger partial charge is 0.489 e. The van der Waals surface area contributed by atoms with Gasteiger partial charge < -0.3 is 14.4 Å². The van der Waals surface area contributed by atoms with Gasteiger partial charge in [0.25, 0.3) is 0 Å². The van der Waals surface area contributed by atoms with Crippen LogP contribution in [0.25, 0.3) is 0 Å². The molecule has 1 heterocycles. The lowest BCUT2D eigenvalue weighted by molar-refractivity contribution is 0.107. The summed E-state index contributed by atoms with van der Waals surface area (Å²) in [7, 11) is 0. The highest BCUT2D eigenvalue weighted by molar-refractivity contribution is 5.29. The normalized spacial score (nSPS) is 13.4. The molecule has 1 aromatic heterocycles. The maximum atomic E-state index is 10.6. The van der Waals surface area contributed by atoms with E-state index in [0.29, 0.717) is 6.61 Å². The van der Waals surface area contributed by atoms with E-state index in [1.165, 1.54) is 0 Å². The first-order chi connectivity index (χ1) is 12.1. The first-order valence-corrected chi connectivity index (χ1v) is 8.56. The molecule has 0 aliphatic rings. The van der Waals surface area contributed by atoms with Crippen molar-refractivity contribution >= 4 is 0 Å². The maximum absolute atomic E-state index is 10.6. The number of benzene rings is 2.